The van der Waals surface area contributed by atoms with Gasteiger partial charge in [-0.25, -0.2) is 0 Å². The van der Waals surface area contributed by atoms with Crippen molar-refractivity contribution in [3.63, 3.8) is 0 Å². The summed E-state index contributed by atoms with van der Waals surface area (Å²) < 4.78 is 0. The zero-order valence-corrected chi connectivity index (χ0v) is 15.2. The van der Waals surface area contributed by atoms with Crippen molar-refractivity contribution in [2.24, 2.45) is 0 Å². The van der Waals surface area contributed by atoms with Crippen molar-refractivity contribution in [1.29, 1.82) is 0 Å². The molecule has 0 bridgehead atoms. The maximum atomic E-state index is 11.6. The molecule has 0 atom stereocenters. The van der Waals surface area contributed by atoms with Gasteiger partial charge in [0.2, 0.25) is 0 Å². The second-order valence-corrected chi connectivity index (χ2v) is 4.60. The van der Waals surface area contributed by atoms with Gasteiger partial charge in [-0.2, -0.15) is 0 Å². The van der Waals surface area contributed by atoms with Crippen LogP contribution in [0.4, 0.5) is 0 Å². The van der Waals surface area contributed by atoms with E-state index in [-0.39, 0.29) is 39.9 Å². The summed E-state index contributed by atoms with van der Waals surface area (Å²) >= 11 is 0. The molecule has 4 saturated carbocycles. The summed E-state index contributed by atoms with van der Waals surface area (Å²) in [6.07, 6.45) is 34.8. The molecule has 0 spiro atoms. The van der Waals surface area contributed by atoms with Gasteiger partial charge in [-0.15, -0.1) is 0 Å². The van der Waals surface area contributed by atoms with E-state index >= 15 is 0 Å². The molecule has 4 aliphatic carbocycles. The second kappa shape index (κ2) is 15.9. The first-order chi connectivity index (χ1) is 10.9. The molecule has 4 fully saturated rings. The smallest absolute Gasteiger partial charge is 0.298 e. The van der Waals surface area contributed by atoms with Gasteiger partial charge >= 0.3 is 34.1 Å². The second-order valence-electron chi connectivity index (χ2n) is 4.60. The molecule has 120 valence electrons. The minimum Gasteiger partial charge on any atom is -0.298 e. The molecule has 4 aliphatic rings. The molecular weight excluding hydrogens is 380 g/mol. The molecule has 0 amide bonds. The van der Waals surface area contributed by atoms with Crippen LogP contribution in [0.2, 0.25) is 0 Å². The predicted octanol–water partition coefficient (Wildman–Crippen LogP) is 3.40. The van der Waals surface area contributed by atoms with Gasteiger partial charge in [-0.1, -0.05) is 0 Å². The van der Waals surface area contributed by atoms with Crippen LogP contribution in [0.5, 0.6) is 0 Å². The third-order valence-electron chi connectivity index (χ3n) is 2.96. The van der Waals surface area contributed by atoms with Crippen molar-refractivity contribution in [2.45, 2.75) is 0 Å². The van der Waals surface area contributed by atoms with E-state index in [1.165, 1.54) is 0 Å². The Morgan fingerprint density at radius 3 is 0.833 bits per heavy atom. The molecule has 0 aromatic heterocycles. The largest absolute Gasteiger partial charge is 2.00 e. The average Bonchev–Trinajstić information content (AvgIpc) is 3.42. The molecule has 0 aromatic rings. The maximum absolute atomic E-state index is 11.6. The standard InChI is InChI=1S/C11H8O.2C5H5.2Fe/c12-11(9-5-1-2-6-9)10-7-3-4-8-10;2*1-2-4-5-3-1;;/h1-8H;2*1-5H;;/q;;;2*+2. The van der Waals surface area contributed by atoms with Gasteiger partial charge in [0.15, 0.2) is 0 Å². The van der Waals surface area contributed by atoms with Crippen LogP contribution in [0.15, 0.2) is 0 Å². The Kier molecular flexibility index (Phi) is 16.4. The number of carbonyl (C=O) groups is 1. The van der Waals surface area contributed by atoms with E-state index in [0.717, 1.165) is 11.8 Å². The Morgan fingerprint density at radius 1 is 0.417 bits per heavy atom. The molecule has 0 unspecified atom stereocenters. The van der Waals surface area contributed by atoms with Gasteiger partial charge in [-0.3, -0.25) is 4.79 Å². The third-order valence-corrected chi connectivity index (χ3v) is 2.96. The average molecular weight is 398 g/mol. The SMILES string of the molecule is O=C([C]1[CH][CH][CH][CH]1)[C]1[CH][CH][CH][CH]1.[CH]1[CH][CH][CH][CH]1.[CH]1[CH][CH][CH][CH]1.[Fe+2].[Fe+2]. The van der Waals surface area contributed by atoms with Gasteiger partial charge in [0.25, 0.3) is 0 Å². The van der Waals surface area contributed by atoms with E-state index in [2.05, 4.69) is 0 Å². The zero-order valence-electron chi connectivity index (χ0n) is 13.0. The van der Waals surface area contributed by atoms with Crippen LogP contribution >= 0.6 is 0 Å². The van der Waals surface area contributed by atoms with Crippen LogP contribution in [0.3, 0.4) is 0 Å². The number of Topliss-reactive ketones (excluding diaryl/α,β-unsaturated/α-hetero) is 1. The van der Waals surface area contributed by atoms with E-state index < -0.39 is 0 Å². The van der Waals surface area contributed by atoms with Crippen LogP contribution in [-0.2, 0) is 38.9 Å². The quantitative estimate of drug-likeness (QED) is 0.652. The van der Waals surface area contributed by atoms with Crippen molar-refractivity contribution < 1.29 is 38.9 Å². The van der Waals surface area contributed by atoms with E-state index in [1.807, 2.05) is 116 Å². The van der Waals surface area contributed by atoms with Crippen molar-refractivity contribution in [3.8, 4) is 0 Å². The Morgan fingerprint density at radius 2 is 0.625 bits per heavy atom. The maximum Gasteiger partial charge on any atom is 2.00 e. The van der Waals surface area contributed by atoms with E-state index in [1.54, 1.807) is 0 Å². The number of ketones is 1. The molecule has 0 aromatic carbocycles. The van der Waals surface area contributed by atoms with Gasteiger partial charge in [0, 0.05) is 11.8 Å². The summed E-state index contributed by atoms with van der Waals surface area (Å²) in [5.41, 5.74) is 0. The van der Waals surface area contributed by atoms with E-state index in [9.17, 15) is 4.79 Å². The van der Waals surface area contributed by atoms with Gasteiger partial charge < -0.3 is 0 Å². The fraction of sp³-hybridized carbons (Fsp3) is 0. The molecule has 0 N–H and O–H groups in total. The van der Waals surface area contributed by atoms with E-state index in [0.29, 0.717) is 0 Å². The fourth-order valence-corrected chi connectivity index (χ4v) is 1.86. The monoisotopic (exact) mass is 398 g/mol. The summed E-state index contributed by atoms with van der Waals surface area (Å²) in [6.45, 7) is 0. The molecule has 4 rings (SSSR count). The van der Waals surface area contributed by atoms with Crippen LogP contribution in [-0.4, -0.2) is 5.78 Å². The van der Waals surface area contributed by atoms with Crippen LogP contribution < -0.4 is 0 Å². The molecule has 0 saturated heterocycles. The summed E-state index contributed by atoms with van der Waals surface area (Å²) in [7, 11) is 0. The number of hydrogen-bond acceptors (Lipinski definition) is 1. The van der Waals surface area contributed by atoms with Crippen LogP contribution in [0.1, 0.15) is 0 Å². The van der Waals surface area contributed by atoms with Crippen molar-refractivity contribution in [1.82, 2.24) is 0 Å². The van der Waals surface area contributed by atoms with Crippen molar-refractivity contribution >= 4 is 5.78 Å². The molecule has 0 heterocycles. The first-order valence-electron chi connectivity index (χ1n) is 7.19. The minimum atomic E-state index is 0. The minimum absolute atomic E-state index is 0. The van der Waals surface area contributed by atoms with Crippen molar-refractivity contribution in [3.05, 3.63) is 127 Å². The van der Waals surface area contributed by atoms with Crippen LogP contribution in [0.25, 0.3) is 0 Å². The molecule has 20 radical (unpaired) electrons. The summed E-state index contributed by atoms with van der Waals surface area (Å²) in [5.74, 6) is 1.63. The summed E-state index contributed by atoms with van der Waals surface area (Å²) in [6, 6.07) is 0. The van der Waals surface area contributed by atoms with Gasteiger partial charge in [0.05, 0.1) is 0 Å². The Balaban J connectivity index is 0.000000370. The molecule has 24 heavy (non-hydrogen) atoms. The van der Waals surface area contributed by atoms with Crippen molar-refractivity contribution in [2.75, 3.05) is 0 Å². The topological polar surface area (TPSA) is 17.1 Å². The molecule has 3 heteroatoms. The molecular formula is C21H18Fe2O+4. The number of hydrogen-bond donors (Lipinski definition) is 0. The number of rotatable bonds is 2. The van der Waals surface area contributed by atoms with Gasteiger partial charge in [-0.05, 0) is 116 Å². The first-order valence-corrected chi connectivity index (χ1v) is 7.19. The fourth-order valence-electron chi connectivity index (χ4n) is 1.86. The molecule has 1 nitrogen and oxygen atoms in total. The predicted molar refractivity (Wildman–Crippen MR) is 88.9 cm³/mol. The normalized spacial score (nSPS) is 23.3. The van der Waals surface area contributed by atoms with E-state index in [4.69, 9.17) is 0 Å². The van der Waals surface area contributed by atoms with Gasteiger partial charge in [0.1, 0.15) is 5.78 Å². The first kappa shape index (κ1) is 24.7. The Hall–Kier alpha value is 0.709. The van der Waals surface area contributed by atoms with Crippen LogP contribution in [0, 0.1) is 127 Å². The molecule has 0 aliphatic heterocycles. The summed E-state index contributed by atoms with van der Waals surface area (Å²) in [5, 5.41) is 0. The number of carbonyl (C=O) groups excluding carboxylic acids is 1. The Labute approximate surface area is 171 Å². The third kappa shape index (κ3) is 10.0. The Bertz CT molecular complexity index is 243. The summed E-state index contributed by atoms with van der Waals surface area (Å²) in [4.78, 5) is 11.6. The zero-order chi connectivity index (χ0) is 15.5.